The minimum absolute atomic E-state index is 0.108. The molecule has 0 spiro atoms. The maximum atomic E-state index is 11.6. The van der Waals surface area contributed by atoms with Crippen LogP contribution in [-0.4, -0.2) is 15.6 Å². The van der Waals surface area contributed by atoms with Crippen molar-refractivity contribution in [2.45, 2.75) is 38.8 Å². The van der Waals surface area contributed by atoms with E-state index in [1.54, 1.807) is 10.6 Å². The molecule has 2 rings (SSSR count). The summed E-state index contributed by atoms with van der Waals surface area (Å²) < 4.78 is 6.73. The standard InChI is InChI=1S/C14H18N2O4/c1-2-16-11-7-6-9(8-12(11)20-14(16)19)10(15)4-3-5-13(17)18/h6-8,10H,2-5,15H2,1H3,(H,17,18). The highest BCUT2D eigenvalue weighted by atomic mass is 16.4. The third-order valence-electron chi connectivity index (χ3n) is 3.34. The molecule has 6 nitrogen and oxygen atoms in total. The number of carbonyl (C=O) groups is 1. The molecule has 108 valence electrons. The SMILES string of the molecule is CCn1c(=O)oc2cc(C(N)CCCC(=O)O)ccc21. The number of carboxylic acids is 1. The second-order valence-electron chi connectivity index (χ2n) is 4.73. The Balaban J connectivity index is 2.19. The van der Waals surface area contributed by atoms with Gasteiger partial charge in [-0.15, -0.1) is 0 Å². The van der Waals surface area contributed by atoms with E-state index in [-0.39, 0.29) is 18.2 Å². The van der Waals surface area contributed by atoms with Gasteiger partial charge in [-0.05, 0) is 37.5 Å². The molecule has 2 aromatic rings. The van der Waals surface area contributed by atoms with Gasteiger partial charge in [-0.1, -0.05) is 6.07 Å². The number of aryl methyl sites for hydroxylation is 1. The lowest BCUT2D eigenvalue weighted by Crippen LogP contribution is -2.12. The van der Waals surface area contributed by atoms with Gasteiger partial charge in [0.15, 0.2) is 5.58 Å². The molecule has 0 saturated heterocycles. The average molecular weight is 278 g/mol. The van der Waals surface area contributed by atoms with Crippen molar-refractivity contribution in [3.05, 3.63) is 34.3 Å². The first-order valence-electron chi connectivity index (χ1n) is 6.63. The molecule has 1 aromatic heterocycles. The van der Waals surface area contributed by atoms with Crippen LogP contribution in [0, 0.1) is 0 Å². The molecule has 6 heteroatoms. The third kappa shape index (κ3) is 2.91. The minimum Gasteiger partial charge on any atom is -0.481 e. The Morgan fingerprint density at radius 1 is 1.50 bits per heavy atom. The molecular formula is C14H18N2O4. The van der Waals surface area contributed by atoms with Gasteiger partial charge in [-0.2, -0.15) is 0 Å². The number of rotatable bonds is 6. The van der Waals surface area contributed by atoms with Gasteiger partial charge in [-0.3, -0.25) is 9.36 Å². The Kier molecular flexibility index (Phi) is 4.24. The molecule has 20 heavy (non-hydrogen) atoms. The minimum atomic E-state index is -0.821. The van der Waals surface area contributed by atoms with Gasteiger partial charge in [0.2, 0.25) is 0 Å². The molecule has 0 aliphatic carbocycles. The van der Waals surface area contributed by atoms with Crippen molar-refractivity contribution in [2.24, 2.45) is 5.73 Å². The normalized spacial score (nSPS) is 12.7. The zero-order valence-electron chi connectivity index (χ0n) is 11.3. The van der Waals surface area contributed by atoms with Crippen LogP contribution < -0.4 is 11.5 Å². The predicted octanol–water partition coefficient (Wildman–Crippen LogP) is 1.87. The van der Waals surface area contributed by atoms with Crippen LogP contribution in [0.15, 0.2) is 27.4 Å². The number of aromatic nitrogens is 1. The van der Waals surface area contributed by atoms with Crippen molar-refractivity contribution in [3.63, 3.8) is 0 Å². The van der Waals surface area contributed by atoms with E-state index >= 15 is 0 Å². The summed E-state index contributed by atoms with van der Waals surface area (Å²) >= 11 is 0. The molecule has 0 amide bonds. The molecule has 0 aliphatic heterocycles. The molecule has 0 bridgehead atoms. The van der Waals surface area contributed by atoms with Crippen molar-refractivity contribution in [2.75, 3.05) is 0 Å². The number of nitrogens with two attached hydrogens (primary N) is 1. The highest BCUT2D eigenvalue weighted by Gasteiger charge is 2.12. The quantitative estimate of drug-likeness (QED) is 0.840. The van der Waals surface area contributed by atoms with E-state index < -0.39 is 5.97 Å². The smallest absolute Gasteiger partial charge is 0.419 e. The monoisotopic (exact) mass is 278 g/mol. The molecule has 1 atom stereocenters. The number of benzene rings is 1. The lowest BCUT2D eigenvalue weighted by Gasteiger charge is -2.11. The van der Waals surface area contributed by atoms with E-state index in [1.165, 1.54) is 0 Å². The van der Waals surface area contributed by atoms with Gasteiger partial charge >= 0.3 is 11.7 Å². The molecule has 0 fully saturated rings. The van der Waals surface area contributed by atoms with Crippen LogP contribution in [0.1, 0.15) is 37.8 Å². The summed E-state index contributed by atoms with van der Waals surface area (Å²) in [4.78, 5) is 22.1. The summed E-state index contributed by atoms with van der Waals surface area (Å²) in [6.45, 7) is 2.43. The first kappa shape index (κ1) is 14.3. The van der Waals surface area contributed by atoms with Crippen LogP contribution in [0.3, 0.4) is 0 Å². The zero-order chi connectivity index (χ0) is 14.7. The molecule has 1 unspecified atom stereocenters. The van der Waals surface area contributed by atoms with Gasteiger partial charge in [0.05, 0.1) is 5.52 Å². The summed E-state index contributed by atoms with van der Waals surface area (Å²) in [5.74, 6) is -1.20. The number of fused-ring (bicyclic) bond motifs is 1. The van der Waals surface area contributed by atoms with Crippen molar-refractivity contribution in [3.8, 4) is 0 Å². The molecule has 1 heterocycles. The Hall–Kier alpha value is -2.08. The molecule has 1 aromatic carbocycles. The number of hydrogen-bond donors (Lipinski definition) is 2. The van der Waals surface area contributed by atoms with E-state index in [9.17, 15) is 9.59 Å². The van der Waals surface area contributed by atoms with Gasteiger partial charge in [0.25, 0.3) is 0 Å². The number of nitrogens with zero attached hydrogens (tertiary/aromatic N) is 1. The van der Waals surface area contributed by atoms with Gasteiger partial charge in [0, 0.05) is 19.0 Å². The Morgan fingerprint density at radius 2 is 2.25 bits per heavy atom. The Labute approximate surface area is 115 Å². The zero-order valence-corrected chi connectivity index (χ0v) is 11.3. The predicted molar refractivity (Wildman–Crippen MR) is 74.6 cm³/mol. The first-order valence-corrected chi connectivity index (χ1v) is 6.63. The molecule has 0 radical (unpaired) electrons. The van der Waals surface area contributed by atoms with Crippen LogP contribution in [-0.2, 0) is 11.3 Å². The van der Waals surface area contributed by atoms with Gasteiger partial charge in [-0.25, -0.2) is 4.79 Å². The van der Waals surface area contributed by atoms with Gasteiger partial charge in [0.1, 0.15) is 0 Å². The van der Waals surface area contributed by atoms with Crippen molar-refractivity contribution in [1.82, 2.24) is 4.57 Å². The largest absolute Gasteiger partial charge is 0.481 e. The molecule has 3 N–H and O–H groups in total. The van der Waals surface area contributed by atoms with Crippen LogP contribution in [0.25, 0.3) is 11.1 Å². The number of carboxylic acid groups (broad SMARTS) is 1. The van der Waals surface area contributed by atoms with E-state index in [0.717, 1.165) is 11.1 Å². The summed E-state index contributed by atoms with van der Waals surface area (Å²) in [5.41, 5.74) is 8.14. The maximum Gasteiger partial charge on any atom is 0.419 e. The fourth-order valence-electron chi connectivity index (χ4n) is 2.25. The summed E-state index contributed by atoms with van der Waals surface area (Å²) in [6, 6.07) is 5.17. The lowest BCUT2D eigenvalue weighted by atomic mass is 10.0. The Bertz CT molecular complexity index is 671. The molecule has 0 aliphatic rings. The van der Waals surface area contributed by atoms with Crippen LogP contribution in [0.2, 0.25) is 0 Å². The highest BCUT2D eigenvalue weighted by molar-refractivity contribution is 5.74. The first-order chi connectivity index (χ1) is 9.52. The molecule has 0 saturated carbocycles. The Morgan fingerprint density at radius 3 is 2.90 bits per heavy atom. The van der Waals surface area contributed by atoms with E-state index in [4.69, 9.17) is 15.3 Å². The summed E-state index contributed by atoms with van der Waals surface area (Å²) in [7, 11) is 0. The second kappa shape index (κ2) is 5.92. The van der Waals surface area contributed by atoms with Crippen molar-refractivity contribution >= 4 is 17.1 Å². The maximum absolute atomic E-state index is 11.6. The number of oxazole rings is 1. The highest BCUT2D eigenvalue weighted by Crippen LogP contribution is 2.22. The molecular weight excluding hydrogens is 260 g/mol. The van der Waals surface area contributed by atoms with Crippen molar-refractivity contribution in [1.29, 1.82) is 0 Å². The average Bonchev–Trinajstić information content (AvgIpc) is 2.72. The topological polar surface area (TPSA) is 98.5 Å². The lowest BCUT2D eigenvalue weighted by molar-refractivity contribution is -0.137. The third-order valence-corrected chi connectivity index (χ3v) is 3.34. The van der Waals surface area contributed by atoms with E-state index in [0.29, 0.717) is 25.0 Å². The van der Waals surface area contributed by atoms with Crippen molar-refractivity contribution < 1.29 is 14.3 Å². The van der Waals surface area contributed by atoms with Crippen LogP contribution in [0.5, 0.6) is 0 Å². The van der Waals surface area contributed by atoms with E-state index in [1.807, 2.05) is 19.1 Å². The van der Waals surface area contributed by atoms with E-state index in [2.05, 4.69) is 0 Å². The van der Waals surface area contributed by atoms with Crippen LogP contribution in [0.4, 0.5) is 0 Å². The summed E-state index contributed by atoms with van der Waals surface area (Å²) in [5, 5.41) is 8.61. The van der Waals surface area contributed by atoms with Gasteiger partial charge < -0.3 is 15.3 Å². The fourth-order valence-corrected chi connectivity index (χ4v) is 2.25. The number of aliphatic carboxylic acids is 1. The van der Waals surface area contributed by atoms with Crippen LogP contribution >= 0.6 is 0 Å². The summed E-state index contributed by atoms with van der Waals surface area (Å²) in [6.07, 6.45) is 1.21. The second-order valence-corrected chi connectivity index (χ2v) is 4.73. The fraction of sp³-hybridized carbons (Fsp3) is 0.429. The number of hydrogen-bond acceptors (Lipinski definition) is 4.